The SMILES string of the molecule is C=C(C)C(=O)OCCOP(=O)([O-])[O-].[Mg+2]. The third-order valence-electron chi connectivity index (χ3n) is 0.914. The van der Waals surface area contributed by atoms with Crippen LogP contribution in [0.5, 0.6) is 0 Å². The van der Waals surface area contributed by atoms with Gasteiger partial charge in [-0.2, -0.15) is 0 Å². The van der Waals surface area contributed by atoms with Crippen LogP contribution in [0, 0.1) is 0 Å². The largest absolute Gasteiger partial charge is 2.00 e. The van der Waals surface area contributed by atoms with E-state index in [0.29, 0.717) is 0 Å². The number of ether oxygens (including phenoxy) is 1. The van der Waals surface area contributed by atoms with Gasteiger partial charge in [-0.15, -0.1) is 0 Å². The molecule has 6 nitrogen and oxygen atoms in total. The second-order valence-electron chi connectivity index (χ2n) is 2.20. The Labute approximate surface area is 97.7 Å². The van der Waals surface area contributed by atoms with Crippen molar-refractivity contribution in [3.63, 3.8) is 0 Å². The van der Waals surface area contributed by atoms with Gasteiger partial charge in [-0.05, 0) is 6.92 Å². The van der Waals surface area contributed by atoms with E-state index in [1.807, 2.05) is 0 Å². The van der Waals surface area contributed by atoms with Gasteiger partial charge in [-0.3, -0.25) is 0 Å². The summed E-state index contributed by atoms with van der Waals surface area (Å²) < 4.78 is 18.1. The van der Waals surface area contributed by atoms with Gasteiger partial charge in [-0.25, -0.2) is 4.79 Å². The second-order valence-corrected chi connectivity index (χ2v) is 3.35. The molecule has 0 aromatic carbocycles. The molecule has 0 heterocycles. The molecule has 0 radical (unpaired) electrons. The Hall–Kier alpha value is 0.0862. The number of carbonyl (C=O) groups excluding carboxylic acids is 1. The summed E-state index contributed by atoms with van der Waals surface area (Å²) in [5.74, 6) is -0.657. The van der Waals surface area contributed by atoms with Crippen molar-refractivity contribution in [1.29, 1.82) is 0 Å². The normalized spacial score (nSPS) is 10.2. The van der Waals surface area contributed by atoms with Gasteiger partial charge in [0.05, 0.1) is 14.4 Å². The zero-order valence-corrected chi connectivity index (χ0v) is 10.0. The Morgan fingerprint density at radius 2 is 1.93 bits per heavy atom. The molecule has 0 rings (SSSR count). The molecule has 0 saturated carbocycles. The van der Waals surface area contributed by atoms with E-state index in [1.54, 1.807) is 0 Å². The van der Waals surface area contributed by atoms with Gasteiger partial charge in [0.1, 0.15) is 6.61 Å². The fourth-order valence-corrected chi connectivity index (χ4v) is 0.705. The fourth-order valence-electron chi connectivity index (χ4n) is 0.407. The van der Waals surface area contributed by atoms with E-state index in [-0.39, 0.29) is 35.2 Å². The van der Waals surface area contributed by atoms with Crippen molar-refractivity contribution in [3.05, 3.63) is 12.2 Å². The molecular weight excluding hydrogens is 223 g/mol. The molecule has 0 saturated heterocycles. The van der Waals surface area contributed by atoms with E-state index in [1.165, 1.54) is 6.92 Å². The van der Waals surface area contributed by atoms with Crippen LogP contribution in [0.2, 0.25) is 0 Å². The number of esters is 1. The molecule has 0 spiro atoms. The number of hydrogen-bond donors (Lipinski definition) is 0. The molecule has 0 amide bonds. The maximum Gasteiger partial charge on any atom is 2.00 e. The van der Waals surface area contributed by atoms with Crippen LogP contribution in [0.4, 0.5) is 0 Å². The summed E-state index contributed by atoms with van der Waals surface area (Å²) in [6.45, 7) is 3.97. The van der Waals surface area contributed by atoms with Crippen LogP contribution in [-0.2, 0) is 18.6 Å². The first-order valence-corrected chi connectivity index (χ1v) is 4.78. The summed E-state index contributed by atoms with van der Waals surface area (Å²) in [7, 11) is -4.96. The molecule has 0 atom stereocenters. The quantitative estimate of drug-likeness (QED) is 0.189. The molecule has 76 valence electrons. The first kappa shape index (κ1) is 16.5. The topological polar surface area (TPSA) is 98.7 Å². The molecule has 0 bridgehead atoms. The van der Waals surface area contributed by atoms with E-state index in [9.17, 15) is 19.1 Å². The smallest absolute Gasteiger partial charge is 0.790 e. The Kier molecular flexibility index (Phi) is 8.71. The first-order valence-electron chi connectivity index (χ1n) is 3.32. The summed E-state index contributed by atoms with van der Waals surface area (Å²) in [6.07, 6.45) is 0. The second kappa shape index (κ2) is 7.39. The molecular formula is C6H9MgO6P. The predicted molar refractivity (Wildman–Crippen MR) is 45.1 cm³/mol. The molecule has 0 unspecified atom stereocenters. The van der Waals surface area contributed by atoms with Crippen LogP contribution in [0.1, 0.15) is 6.92 Å². The maximum absolute atomic E-state index is 10.7. The number of rotatable bonds is 5. The van der Waals surface area contributed by atoms with E-state index in [0.717, 1.165) is 0 Å². The molecule has 0 fully saturated rings. The number of carbonyl (C=O) groups is 1. The number of hydrogen-bond acceptors (Lipinski definition) is 6. The summed E-state index contributed by atoms with van der Waals surface area (Å²) in [6, 6.07) is 0. The van der Waals surface area contributed by atoms with Gasteiger partial charge < -0.3 is 23.6 Å². The van der Waals surface area contributed by atoms with Crippen LogP contribution in [0.25, 0.3) is 0 Å². The van der Waals surface area contributed by atoms with E-state index in [2.05, 4.69) is 15.8 Å². The Balaban J connectivity index is 0. The van der Waals surface area contributed by atoms with Gasteiger partial charge in [0.2, 0.25) is 0 Å². The third-order valence-corrected chi connectivity index (χ3v) is 1.41. The minimum absolute atomic E-state index is 0. The van der Waals surface area contributed by atoms with Crippen molar-refractivity contribution in [3.8, 4) is 0 Å². The molecule has 8 heteroatoms. The molecule has 0 aliphatic rings. The Morgan fingerprint density at radius 1 is 1.43 bits per heavy atom. The minimum atomic E-state index is -4.96. The zero-order valence-electron chi connectivity index (χ0n) is 7.73. The van der Waals surface area contributed by atoms with Gasteiger partial charge in [-0.1, -0.05) is 6.58 Å². The first-order chi connectivity index (χ1) is 5.83. The van der Waals surface area contributed by atoms with Crippen molar-refractivity contribution in [2.45, 2.75) is 6.92 Å². The van der Waals surface area contributed by atoms with Gasteiger partial charge in [0.15, 0.2) is 0 Å². The predicted octanol–water partition coefficient (Wildman–Crippen LogP) is -1.43. The zero-order chi connectivity index (χ0) is 10.5. The third kappa shape index (κ3) is 10.2. The average Bonchev–Trinajstić information content (AvgIpc) is 1.95. The van der Waals surface area contributed by atoms with Crippen LogP contribution in [-0.4, -0.2) is 42.2 Å². The molecule has 0 aliphatic heterocycles. The van der Waals surface area contributed by atoms with Crippen LogP contribution in [0.15, 0.2) is 12.2 Å². The van der Waals surface area contributed by atoms with Gasteiger partial charge in [0, 0.05) is 5.57 Å². The van der Waals surface area contributed by atoms with Crippen LogP contribution in [0.3, 0.4) is 0 Å². The summed E-state index contributed by atoms with van der Waals surface area (Å²) in [5, 5.41) is 0. The molecule has 0 aromatic heterocycles. The minimum Gasteiger partial charge on any atom is -0.790 e. The summed E-state index contributed by atoms with van der Waals surface area (Å²) in [5.41, 5.74) is 0.187. The fraction of sp³-hybridized carbons (Fsp3) is 0.500. The Morgan fingerprint density at radius 3 is 2.29 bits per heavy atom. The van der Waals surface area contributed by atoms with Crippen molar-refractivity contribution in [2.75, 3.05) is 13.2 Å². The maximum atomic E-state index is 10.7. The summed E-state index contributed by atoms with van der Waals surface area (Å²) >= 11 is 0. The van der Waals surface area contributed by atoms with E-state index in [4.69, 9.17) is 0 Å². The van der Waals surface area contributed by atoms with Crippen molar-refractivity contribution in [2.24, 2.45) is 0 Å². The number of phosphoric ester groups is 1. The van der Waals surface area contributed by atoms with E-state index < -0.39 is 20.4 Å². The van der Waals surface area contributed by atoms with Crippen molar-refractivity contribution in [1.82, 2.24) is 0 Å². The average molecular weight is 232 g/mol. The number of phosphoric acid groups is 1. The summed E-state index contributed by atoms with van der Waals surface area (Å²) in [4.78, 5) is 30.5. The standard InChI is InChI=1S/C6H11O6P.Mg/c1-5(2)6(7)11-3-4-12-13(8,9)10;/h1,3-4H2,2H3,(H2,8,9,10);/q;+2/p-2. The van der Waals surface area contributed by atoms with Gasteiger partial charge >= 0.3 is 29.0 Å². The monoisotopic (exact) mass is 232 g/mol. The van der Waals surface area contributed by atoms with Crippen molar-refractivity contribution < 1.29 is 28.4 Å². The van der Waals surface area contributed by atoms with E-state index >= 15 is 0 Å². The Bertz CT molecular complexity index is 247. The molecule has 0 aromatic rings. The molecule has 14 heavy (non-hydrogen) atoms. The molecule has 0 N–H and O–H groups in total. The van der Waals surface area contributed by atoms with Crippen molar-refractivity contribution >= 4 is 36.8 Å². The van der Waals surface area contributed by atoms with Gasteiger partial charge in [0.25, 0.3) is 0 Å². The van der Waals surface area contributed by atoms with Crippen LogP contribution < -0.4 is 9.79 Å². The van der Waals surface area contributed by atoms with Crippen LogP contribution >= 0.6 is 7.82 Å². The molecule has 0 aliphatic carbocycles.